The summed E-state index contributed by atoms with van der Waals surface area (Å²) < 4.78 is 19.4. The zero-order valence-electron chi connectivity index (χ0n) is 11.8. The largest absolute Gasteiger partial charge is 0.489 e. The molecule has 0 aliphatic rings. The summed E-state index contributed by atoms with van der Waals surface area (Å²) in [4.78, 5) is 0. The molecule has 2 N–H and O–H groups in total. The fourth-order valence-corrected chi connectivity index (χ4v) is 1.99. The van der Waals surface area contributed by atoms with Gasteiger partial charge in [0.2, 0.25) is 0 Å². The van der Waals surface area contributed by atoms with E-state index in [4.69, 9.17) is 15.7 Å². The average molecular weight is 284 g/mol. The van der Waals surface area contributed by atoms with Crippen LogP contribution in [0.15, 0.2) is 42.5 Å². The van der Waals surface area contributed by atoms with Gasteiger partial charge in [-0.1, -0.05) is 31.2 Å². The molecule has 0 spiro atoms. The van der Waals surface area contributed by atoms with Crippen molar-refractivity contribution in [3.05, 3.63) is 65.0 Å². The first-order valence-corrected chi connectivity index (χ1v) is 6.81. The summed E-state index contributed by atoms with van der Waals surface area (Å²) in [6.45, 7) is 2.11. The van der Waals surface area contributed by atoms with Gasteiger partial charge in [0.1, 0.15) is 24.2 Å². The highest BCUT2D eigenvalue weighted by Gasteiger charge is 2.08. The monoisotopic (exact) mass is 284 g/mol. The fourth-order valence-electron chi connectivity index (χ4n) is 1.99. The molecule has 21 heavy (non-hydrogen) atoms. The van der Waals surface area contributed by atoms with Crippen LogP contribution in [0.25, 0.3) is 0 Å². The number of nitriles is 1. The average Bonchev–Trinajstić information content (AvgIpc) is 2.53. The highest BCUT2D eigenvalue weighted by Crippen LogP contribution is 2.20. The Morgan fingerprint density at radius 1 is 1.24 bits per heavy atom. The lowest BCUT2D eigenvalue weighted by molar-refractivity contribution is 0.299. The van der Waals surface area contributed by atoms with Gasteiger partial charge in [-0.05, 0) is 30.2 Å². The lowest BCUT2D eigenvalue weighted by Gasteiger charge is -2.11. The normalized spacial score (nSPS) is 11.7. The first-order chi connectivity index (χ1) is 10.2. The highest BCUT2D eigenvalue weighted by atomic mass is 19.1. The molecule has 0 unspecified atom stereocenters. The Bertz CT molecular complexity index is 647. The second-order valence-corrected chi connectivity index (χ2v) is 4.76. The maximum absolute atomic E-state index is 13.9. The molecular formula is C17H17FN2O. The van der Waals surface area contributed by atoms with Gasteiger partial charge in [0.25, 0.3) is 0 Å². The molecule has 0 heterocycles. The van der Waals surface area contributed by atoms with Crippen molar-refractivity contribution in [2.24, 2.45) is 5.73 Å². The molecule has 0 aliphatic carbocycles. The Morgan fingerprint density at radius 2 is 1.95 bits per heavy atom. The van der Waals surface area contributed by atoms with Gasteiger partial charge in [-0.3, -0.25) is 0 Å². The van der Waals surface area contributed by atoms with E-state index in [0.29, 0.717) is 11.3 Å². The van der Waals surface area contributed by atoms with Gasteiger partial charge < -0.3 is 10.5 Å². The molecule has 0 radical (unpaired) electrons. The third-order valence-corrected chi connectivity index (χ3v) is 3.34. The highest BCUT2D eigenvalue weighted by molar-refractivity contribution is 5.35. The van der Waals surface area contributed by atoms with Crippen molar-refractivity contribution in [1.82, 2.24) is 0 Å². The molecule has 0 amide bonds. The first kappa shape index (κ1) is 15.0. The van der Waals surface area contributed by atoms with E-state index in [0.717, 1.165) is 12.0 Å². The number of rotatable bonds is 5. The van der Waals surface area contributed by atoms with Crippen LogP contribution in [0, 0.1) is 17.1 Å². The van der Waals surface area contributed by atoms with Crippen LogP contribution >= 0.6 is 0 Å². The van der Waals surface area contributed by atoms with Crippen LogP contribution in [0.2, 0.25) is 0 Å². The Labute approximate surface area is 123 Å². The van der Waals surface area contributed by atoms with Crippen molar-refractivity contribution in [2.45, 2.75) is 26.0 Å². The zero-order chi connectivity index (χ0) is 15.2. The topological polar surface area (TPSA) is 59.0 Å². The van der Waals surface area contributed by atoms with Crippen molar-refractivity contribution in [1.29, 1.82) is 5.26 Å². The smallest absolute Gasteiger partial charge is 0.147 e. The number of hydrogen-bond acceptors (Lipinski definition) is 3. The molecule has 3 nitrogen and oxygen atoms in total. The van der Waals surface area contributed by atoms with Gasteiger partial charge in [0, 0.05) is 11.6 Å². The van der Waals surface area contributed by atoms with Crippen LogP contribution in [-0.2, 0) is 6.61 Å². The molecule has 0 aromatic heterocycles. The second kappa shape index (κ2) is 6.87. The summed E-state index contributed by atoms with van der Waals surface area (Å²) in [7, 11) is 0. The zero-order valence-corrected chi connectivity index (χ0v) is 11.8. The fraction of sp³-hybridized carbons (Fsp3) is 0.235. The minimum Gasteiger partial charge on any atom is -0.489 e. The van der Waals surface area contributed by atoms with Gasteiger partial charge in [-0.25, -0.2) is 4.39 Å². The molecule has 2 aromatic rings. The third-order valence-electron chi connectivity index (χ3n) is 3.34. The summed E-state index contributed by atoms with van der Waals surface area (Å²) in [6.07, 6.45) is 0.867. The Kier molecular flexibility index (Phi) is 4.91. The summed E-state index contributed by atoms with van der Waals surface area (Å²) >= 11 is 0. The number of benzene rings is 2. The van der Waals surface area contributed by atoms with Crippen molar-refractivity contribution in [3.63, 3.8) is 0 Å². The Balaban J connectivity index is 2.05. The maximum Gasteiger partial charge on any atom is 0.147 e. The van der Waals surface area contributed by atoms with E-state index >= 15 is 0 Å². The van der Waals surface area contributed by atoms with Gasteiger partial charge in [0.05, 0.1) is 5.56 Å². The standard InChI is InChI=1S/C17H17FN2O/c1-2-16(20)12-6-8-15(9-7-12)21-11-14-5-3-4-13(10-19)17(14)18/h3-9,16H,2,11,20H2,1H3/t16-/m0/s1. The molecule has 0 bridgehead atoms. The van der Waals surface area contributed by atoms with E-state index in [2.05, 4.69) is 0 Å². The molecule has 4 heteroatoms. The number of halogens is 1. The van der Waals surface area contributed by atoms with Gasteiger partial charge >= 0.3 is 0 Å². The van der Waals surface area contributed by atoms with Crippen molar-refractivity contribution in [3.8, 4) is 11.8 Å². The molecule has 0 aliphatic heterocycles. The van der Waals surface area contributed by atoms with E-state index in [1.54, 1.807) is 12.1 Å². The van der Waals surface area contributed by atoms with E-state index in [-0.39, 0.29) is 18.2 Å². The SMILES string of the molecule is CC[C@H](N)c1ccc(OCc2cccc(C#N)c2F)cc1. The van der Waals surface area contributed by atoms with Crippen LogP contribution < -0.4 is 10.5 Å². The molecule has 0 saturated heterocycles. The van der Waals surface area contributed by atoms with E-state index in [9.17, 15) is 4.39 Å². The summed E-state index contributed by atoms with van der Waals surface area (Å²) in [6, 6.07) is 14.0. The predicted molar refractivity (Wildman–Crippen MR) is 79.1 cm³/mol. The number of nitrogens with two attached hydrogens (primary N) is 1. The van der Waals surface area contributed by atoms with E-state index in [1.807, 2.05) is 37.3 Å². The molecule has 0 saturated carbocycles. The summed E-state index contributed by atoms with van der Waals surface area (Å²) in [5, 5.41) is 8.79. The lowest BCUT2D eigenvalue weighted by Crippen LogP contribution is -2.08. The Hall–Kier alpha value is -2.38. The van der Waals surface area contributed by atoms with Gasteiger partial charge in [-0.15, -0.1) is 0 Å². The molecule has 2 rings (SSSR count). The number of nitrogens with zero attached hydrogens (tertiary/aromatic N) is 1. The summed E-state index contributed by atoms with van der Waals surface area (Å²) in [5.41, 5.74) is 7.38. The molecule has 108 valence electrons. The van der Waals surface area contributed by atoms with Gasteiger partial charge in [-0.2, -0.15) is 5.26 Å². The minimum absolute atomic E-state index is 0.0174. The van der Waals surface area contributed by atoms with E-state index < -0.39 is 5.82 Å². The molecule has 1 atom stereocenters. The van der Waals surface area contributed by atoms with Crippen LogP contribution in [0.1, 0.15) is 36.1 Å². The lowest BCUT2D eigenvalue weighted by atomic mass is 10.1. The first-order valence-electron chi connectivity index (χ1n) is 6.81. The van der Waals surface area contributed by atoms with Crippen molar-refractivity contribution >= 4 is 0 Å². The van der Waals surface area contributed by atoms with Crippen molar-refractivity contribution in [2.75, 3.05) is 0 Å². The van der Waals surface area contributed by atoms with Crippen molar-refractivity contribution < 1.29 is 9.13 Å². The third kappa shape index (κ3) is 3.59. The Morgan fingerprint density at radius 3 is 2.57 bits per heavy atom. The van der Waals surface area contributed by atoms with E-state index in [1.165, 1.54) is 6.07 Å². The van der Waals surface area contributed by atoms with Gasteiger partial charge in [0.15, 0.2) is 0 Å². The quantitative estimate of drug-likeness (QED) is 0.911. The minimum atomic E-state index is -0.523. The van der Waals surface area contributed by atoms with Crippen LogP contribution in [-0.4, -0.2) is 0 Å². The van der Waals surface area contributed by atoms with Crippen LogP contribution in [0.3, 0.4) is 0 Å². The predicted octanol–water partition coefficient (Wildman–Crippen LogP) is 3.69. The maximum atomic E-state index is 13.9. The van der Waals surface area contributed by atoms with Crippen LogP contribution in [0.4, 0.5) is 4.39 Å². The molecule has 0 fully saturated rings. The number of hydrogen-bond donors (Lipinski definition) is 1. The number of ether oxygens (including phenoxy) is 1. The molecular weight excluding hydrogens is 267 g/mol. The molecule has 2 aromatic carbocycles. The summed E-state index contributed by atoms with van der Waals surface area (Å²) in [5.74, 6) is 0.119. The van der Waals surface area contributed by atoms with Crippen LogP contribution in [0.5, 0.6) is 5.75 Å². The second-order valence-electron chi connectivity index (χ2n) is 4.76.